The average molecular weight is 259 g/mol. The molecule has 102 valence electrons. The van der Waals surface area contributed by atoms with Gasteiger partial charge in [-0.05, 0) is 24.6 Å². The van der Waals surface area contributed by atoms with Crippen molar-refractivity contribution >= 4 is 0 Å². The van der Waals surface area contributed by atoms with Crippen LogP contribution >= 0.6 is 0 Å². The standard InChI is InChI=1S/C16H21NO2/c1-3-4-5-9-17-10-11-19-16(13-17)14-7-6-8-15(12-14)18-2/h6-8,12,16H,5,9-11,13H2,1-2H3/t16-/m1/s1. The van der Waals surface area contributed by atoms with E-state index in [1.807, 2.05) is 19.1 Å². The van der Waals surface area contributed by atoms with Crippen molar-refractivity contribution in [1.29, 1.82) is 0 Å². The van der Waals surface area contributed by atoms with Crippen molar-refractivity contribution in [1.82, 2.24) is 4.90 Å². The molecule has 0 radical (unpaired) electrons. The molecule has 0 aliphatic carbocycles. The molecule has 1 fully saturated rings. The Kier molecular flexibility index (Phi) is 5.26. The summed E-state index contributed by atoms with van der Waals surface area (Å²) < 4.78 is 11.1. The molecular weight excluding hydrogens is 238 g/mol. The summed E-state index contributed by atoms with van der Waals surface area (Å²) in [6, 6.07) is 8.13. The zero-order valence-electron chi connectivity index (χ0n) is 11.7. The van der Waals surface area contributed by atoms with Crippen molar-refractivity contribution in [3.8, 4) is 17.6 Å². The van der Waals surface area contributed by atoms with Crippen LogP contribution in [0.5, 0.6) is 5.75 Å². The van der Waals surface area contributed by atoms with Gasteiger partial charge in [-0.1, -0.05) is 12.1 Å². The van der Waals surface area contributed by atoms with Crippen molar-refractivity contribution in [2.24, 2.45) is 0 Å². The maximum Gasteiger partial charge on any atom is 0.119 e. The second kappa shape index (κ2) is 7.18. The van der Waals surface area contributed by atoms with Gasteiger partial charge in [0.1, 0.15) is 5.75 Å². The number of benzene rings is 1. The number of ether oxygens (including phenoxy) is 2. The highest BCUT2D eigenvalue weighted by Gasteiger charge is 2.21. The zero-order valence-corrected chi connectivity index (χ0v) is 11.7. The van der Waals surface area contributed by atoms with Crippen LogP contribution in [0, 0.1) is 11.8 Å². The lowest BCUT2D eigenvalue weighted by molar-refractivity contribution is -0.0292. The van der Waals surface area contributed by atoms with E-state index in [2.05, 4.69) is 28.9 Å². The smallest absolute Gasteiger partial charge is 0.119 e. The summed E-state index contributed by atoms with van der Waals surface area (Å²) >= 11 is 0. The number of hydrogen-bond acceptors (Lipinski definition) is 3. The molecule has 1 aromatic rings. The number of rotatable bonds is 4. The first-order valence-electron chi connectivity index (χ1n) is 6.71. The summed E-state index contributed by atoms with van der Waals surface area (Å²) in [4.78, 5) is 2.41. The maximum atomic E-state index is 5.87. The van der Waals surface area contributed by atoms with E-state index in [1.54, 1.807) is 7.11 Å². The molecule has 1 aliphatic heterocycles. The van der Waals surface area contributed by atoms with Gasteiger partial charge in [-0.15, -0.1) is 11.8 Å². The Morgan fingerprint density at radius 2 is 2.37 bits per heavy atom. The summed E-state index contributed by atoms with van der Waals surface area (Å²) in [6.07, 6.45) is 1.07. The van der Waals surface area contributed by atoms with Gasteiger partial charge in [0.05, 0.1) is 19.8 Å². The van der Waals surface area contributed by atoms with E-state index in [4.69, 9.17) is 9.47 Å². The number of morpholine rings is 1. The fraction of sp³-hybridized carbons (Fsp3) is 0.500. The minimum atomic E-state index is 0.137. The van der Waals surface area contributed by atoms with E-state index in [0.29, 0.717) is 0 Å². The molecule has 0 N–H and O–H groups in total. The van der Waals surface area contributed by atoms with Crippen LogP contribution < -0.4 is 4.74 Å². The van der Waals surface area contributed by atoms with E-state index in [1.165, 1.54) is 5.56 Å². The first-order valence-corrected chi connectivity index (χ1v) is 6.71. The molecule has 0 aromatic heterocycles. The highest BCUT2D eigenvalue weighted by Crippen LogP contribution is 2.25. The molecule has 1 atom stereocenters. The molecule has 3 nitrogen and oxygen atoms in total. The fourth-order valence-corrected chi connectivity index (χ4v) is 2.29. The van der Waals surface area contributed by atoms with E-state index < -0.39 is 0 Å². The summed E-state index contributed by atoms with van der Waals surface area (Å²) in [5, 5.41) is 0. The van der Waals surface area contributed by atoms with Gasteiger partial charge in [0, 0.05) is 26.1 Å². The number of nitrogens with zero attached hydrogens (tertiary/aromatic N) is 1. The molecule has 0 amide bonds. The quantitative estimate of drug-likeness (QED) is 0.775. The predicted molar refractivity (Wildman–Crippen MR) is 76.2 cm³/mol. The van der Waals surface area contributed by atoms with E-state index in [9.17, 15) is 0 Å². The fourth-order valence-electron chi connectivity index (χ4n) is 2.29. The molecule has 2 rings (SSSR count). The molecule has 0 bridgehead atoms. The molecule has 0 saturated carbocycles. The predicted octanol–water partition coefficient (Wildman–Crippen LogP) is 2.48. The molecule has 1 aromatic carbocycles. The first kappa shape index (κ1) is 13.9. The van der Waals surface area contributed by atoms with Crippen LogP contribution in [0.3, 0.4) is 0 Å². The lowest BCUT2D eigenvalue weighted by Gasteiger charge is -2.32. The number of hydrogen-bond donors (Lipinski definition) is 0. The highest BCUT2D eigenvalue weighted by molar-refractivity contribution is 5.30. The third-order valence-electron chi connectivity index (χ3n) is 3.35. The van der Waals surface area contributed by atoms with Crippen LogP contribution in [-0.4, -0.2) is 38.3 Å². The largest absolute Gasteiger partial charge is 0.497 e. The normalized spacial score (nSPS) is 19.6. The first-order chi connectivity index (χ1) is 9.33. The van der Waals surface area contributed by atoms with Crippen LogP contribution in [0.1, 0.15) is 25.0 Å². The van der Waals surface area contributed by atoms with Gasteiger partial charge in [0.2, 0.25) is 0 Å². The van der Waals surface area contributed by atoms with Crippen molar-refractivity contribution in [2.45, 2.75) is 19.4 Å². The molecule has 0 unspecified atom stereocenters. The van der Waals surface area contributed by atoms with Crippen molar-refractivity contribution in [3.63, 3.8) is 0 Å². The Balaban J connectivity index is 1.97. The highest BCUT2D eigenvalue weighted by atomic mass is 16.5. The van der Waals surface area contributed by atoms with E-state index in [-0.39, 0.29) is 6.10 Å². The van der Waals surface area contributed by atoms with Crippen LogP contribution in [0.4, 0.5) is 0 Å². The zero-order chi connectivity index (χ0) is 13.5. The molecule has 1 aliphatic rings. The summed E-state index contributed by atoms with van der Waals surface area (Å²) in [6.45, 7) is 5.61. The summed E-state index contributed by atoms with van der Waals surface area (Å²) in [5.74, 6) is 6.94. The second-order valence-corrected chi connectivity index (χ2v) is 4.61. The Hall–Kier alpha value is -1.50. The average Bonchev–Trinajstić information content (AvgIpc) is 2.48. The Bertz CT molecular complexity index is 461. The van der Waals surface area contributed by atoms with Gasteiger partial charge < -0.3 is 9.47 Å². The van der Waals surface area contributed by atoms with E-state index in [0.717, 1.165) is 38.4 Å². The van der Waals surface area contributed by atoms with Crippen molar-refractivity contribution in [3.05, 3.63) is 29.8 Å². The number of methoxy groups -OCH3 is 1. The lowest BCUT2D eigenvalue weighted by Crippen LogP contribution is -2.38. The minimum Gasteiger partial charge on any atom is -0.497 e. The van der Waals surface area contributed by atoms with Gasteiger partial charge in [-0.3, -0.25) is 4.90 Å². The monoisotopic (exact) mass is 259 g/mol. The van der Waals surface area contributed by atoms with Gasteiger partial charge in [0.25, 0.3) is 0 Å². The second-order valence-electron chi connectivity index (χ2n) is 4.61. The minimum absolute atomic E-state index is 0.137. The third kappa shape index (κ3) is 3.99. The molecule has 1 heterocycles. The Morgan fingerprint density at radius 3 is 3.16 bits per heavy atom. The SMILES string of the molecule is CC#CCCN1CCO[C@@H](c2cccc(OC)c2)C1. The molecule has 19 heavy (non-hydrogen) atoms. The van der Waals surface area contributed by atoms with Gasteiger partial charge in [-0.2, -0.15) is 0 Å². The Labute approximate surface area is 115 Å². The molecular formula is C16H21NO2. The summed E-state index contributed by atoms with van der Waals surface area (Å²) in [5.41, 5.74) is 1.19. The molecule has 0 spiro atoms. The molecule has 3 heteroatoms. The van der Waals surface area contributed by atoms with Crippen LogP contribution in [0.15, 0.2) is 24.3 Å². The van der Waals surface area contributed by atoms with Gasteiger partial charge >= 0.3 is 0 Å². The van der Waals surface area contributed by atoms with E-state index >= 15 is 0 Å². The van der Waals surface area contributed by atoms with Crippen LogP contribution in [0.2, 0.25) is 0 Å². The van der Waals surface area contributed by atoms with Crippen molar-refractivity contribution in [2.75, 3.05) is 33.4 Å². The molecule has 1 saturated heterocycles. The summed E-state index contributed by atoms with van der Waals surface area (Å²) in [7, 11) is 1.69. The van der Waals surface area contributed by atoms with Gasteiger partial charge in [-0.25, -0.2) is 0 Å². The van der Waals surface area contributed by atoms with Crippen LogP contribution in [-0.2, 0) is 4.74 Å². The maximum absolute atomic E-state index is 5.87. The lowest BCUT2D eigenvalue weighted by atomic mass is 10.1. The topological polar surface area (TPSA) is 21.7 Å². The van der Waals surface area contributed by atoms with Gasteiger partial charge in [0.15, 0.2) is 0 Å². The van der Waals surface area contributed by atoms with Crippen LogP contribution in [0.25, 0.3) is 0 Å². The Morgan fingerprint density at radius 1 is 1.47 bits per heavy atom. The third-order valence-corrected chi connectivity index (χ3v) is 3.35. The van der Waals surface area contributed by atoms with Crippen molar-refractivity contribution < 1.29 is 9.47 Å².